The minimum atomic E-state index is 0.159. The molecule has 0 bridgehead atoms. The number of aromatic nitrogens is 1. The van der Waals surface area contributed by atoms with Crippen molar-refractivity contribution in [2.75, 3.05) is 0 Å². The molecule has 12 heavy (non-hydrogen) atoms. The van der Waals surface area contributed by atoms with Crippen LogP contribution in [0.1, 0.15) is 31.0 Å². The maximum Gasteiger partial charge on any atom is 0.187 e. The molecule has 1 heterocycles. The standard InChI is InChI=1S/C10H15NO/c1-7(2)11-5-8(3)10(12)9(4)6-11/h5-7H,1-4H3. The zero-order valence-electron chi connectivity index (χ0n) is 8.09. The molecule has 0 amide bonds. The van der Waals surface area contributed by atoms with Crippen molar-refractivity contribution in [1.82, 2.24) is 4.57 Å². The second-order valence-corrected chi connectivity index (χ2v) is 3.49. The molecule has 0 aliphatic heterocycles. The monoisotopic (exact) mass is 165 g/mol. The summed E-state index contributed by atoms with van der Waals surface area (Å²) in [5.74, 6) is 0. The first-order valence-corrected chi connectivity index (χ1v) is 4.21. The van der Waals surface area contributed by atoms with Crippen LogP contribution in [0.5, 0.6) is 0 Å². The Bertz CT molecular complexity index is 310. The molecule has 0 fully saturated rings. The molecule has 0 saturated carbocycles. The molecule has 2 nitrogen and oxygen atoms in total. The minimum Gasteiger partial charge on any atom is -0.351 e. The number of hydrogen-bond donors (Lipinski definition) is 0. The van der Waals surface area contributed by atoms with Gasteiger partial charge in [0.2, 0.25) is 0 Å². The van der Waals surface area contributed by atoms with Crippen molar-refractivity contribution in [1.29, 1.82) is 0 Å². The summed E-state index contributed by atoms with van der Waals surface area (Å²) in [6.45, 7) is 7.91. The largest absolute Gasteiger partial charge is 0.351 e. The van der Waals surface area contributed by atoms with Crippen molar-refractivity contribution in [3.63, 3.8) is 0 Å². The predicted molar refractivity (Wildman–Crippen MR) is 50.6 cm³/mol. The van der Waals surface area contributed by atoms with Gasteiger partial charge >= 0.3 is 0 Å². The quantitative estimate of drug-likeness (QED) is 0.624. The highest BCUT2D eigenvalue weighted by molar-refractivity contribution is 5.17. The van der Waals surface area contributed by atoms with E-state index in [1.54, 1.807) is 0 Å². The van der Waals surface area contributed by atoms with Crippen LogP contribution in [-0.2, 0) is 0 Å². The van der Waals surface area contributed by atoms with Crippen LogP contribution in [0.4, 0.5) is 0 Å². The van der Waals surface area contributed by atoms with Crippen molar-refractivity contribution in [3.05, 3.63) is 33.7 Å². The highest BCUT2D eigenvalue weighted by atomic mass is 16.1. The average molecular weight is 165 g/mol. The molecule has 0 radical (unpaired) electrons. The molecule has 0 aromatic carbocycles. The van der Waals surface area contributed by atoms with Crippen LogP contribution in [0, 0.1) is 13.8 Å². The molecular formula is C10H15NO. The number of nitrogens with zero attached hydrogens (tertiary/aromatic N) is 1. The Labute approximate surface area is 72.8 Å². The minimum absolute atomic E-state index is 0.159. The van der Waals surface area contributed by atoms with Gasteiger partial charge in [0.15, 0.2) is 5.43 Å². The Kier molecular flexibility index (Phi) is 2.36. The third-order valence-corrected chi connectivity index (χ3v) is 2.00. The van der Waals surface area contributed by atoms with Crippen LogP contribution in [0.2, 0.25) is 0 Å². The summed E-state index contributed by atoms with van der Waals surface area (Å²) in [7, 11) is 0. The van der Waals surface area contributed by atoms with Crippen molar-refractivity contribution < 1.29 is 0 Å². The van der Waals surface area contributed by atoms with Crippen LogP contribution in [0.25, 0.3) is 0 Å². The van der Waals surface area contributed by atoms with Crippen molar-refractivity contribution in [3.8, 4) is 0 Å². The molecule has 0 N–H and O–H groups in total. The van der Waals surface area contributed by atoms with Gasteiger partial charge in [0.05, 0.1) is 0 Å². The van der Waals surface area contributed by atoms with E-state index in [9.17, 15) is 4.79 Å². The lowest BCUT2D eigenvalue weighted by atomic mass is 10.2. The first kappa shape index (κ1) is 9.04. The zero-order valence-corrected chi connectivity index (χ0v) is 8.09. The first-order chi connectivity index (χ1) is 5.52. The van der Waals surface area contributed by atoms with E-state index in [2.05, 4.69) is 18.4 Å². The maximum atomic E-state index is 11.3. The fourth-order valence-corrected chi connectivity index (χ4v) is 1.21. The molecule has 0 spiro atoms. The van der Waals surface area contributed by atoms with Gasteiger partial charge in [-0.1, -0.05) is 0 Å². The molecule has 0 atom stereocenters. The SMILES string of the molecule is Cc1cn(C(C)C)cc(C)c1=O. The molecule has 0 unspecified atom stereocenters. The highest BCUT2D eigenvalue weighted by Gasteiger charge is 2.01. The van der Waals surface area contributed by atoms with E-state index in [0.29, 0.717) is 6.04 Å². The highest BCUT2D eigenvalue weighted by Crippen LogP contribution is 2.04. The van der Waals surface area contributed by atoms with E-state index in [0.717, 1.165) is 11.1 Å². The second-order valence-electron chi connectivity index (χ2n) is 3.49. The average Bonchev–Trinajstić information content (AvgIpc) is 1.99. The van der Waals surface area contributed by atoms with Gasteiger partial charge in [0.25, 0.3) is 0 Å². The summed E-state index contributed by atoms with van der Waals surface area (Å²) in [5, 5.41) is 0. The van der Waals surface area contributed by atoms with Gasteiger partial charge in [-0.05, 0) is 27.7 Å². The van der Waals surface area contributed by atoms with Gasteiger partial charge in [-0.25, -0.2) is 0 Å². The predicted octanol–water partition coefficient (Wildman–Crippen LogP) is 2.05. The first-order valence-electron chi connectivity index (χ1n) is 4.21. The van der Waals surface area contributed by atoms with Crippen LogP contribution >= 0.6 is 0 Å². The van der Waals surface area contributed by atoms with E-state index < -0.39 is 0 Å². The van der Waals surface area contributed by atoms with Gasteiger partial charge in [-0.3, -0.25) is 4.79 Å². The molecule has 1 rings (SSSR count). The third-order valence-electron chi connectivity index (χ3n) is 2.00. The van der Waals surface area contributed by atoms with E-state index in [-0.39, 0.29) is 5.43 Å². The van der Waals surface area contributed by atoms with E-state index >= 15 is 0 Å². The lowest BCUT2D eigenvalue weighted by molar-refractivity contribution is 0.591. The smallest absolute Gasteiger partial charge is 0.187 e. The van der Waals surface area contributed by atoms with Gasteiger partial charge in [-0.2, -0.15) is 0 Å². The molecule has 2 heteroatoms. The van der Waals surface area contributed by atoms with Crippen molar-refractivity contribution >= 4 is 0 Å². The molecular weight excluding hydrogens is 150 g/mol. The summed E-state index contributed by atoms with van der Waals surface area (Å²) >= 11 is 0. The fraction of sp³-hybridized carbons (Fsp3) is 0.500. The lowest BCUT2D eigenvalue weighted by Gasteiger charge is -2.12. The maximum absolute atomic E-state index is 11.3. The topological polar surface area (TPSA) is 22.0 Å². The van der Waals surface area contributed by atoms with Crippen molar-refractivity contribution in [2.24, 2.45) is 0 Å². The summed E-state index contributed by atoms with van der Waals surface area (Å²) in [6, 6.07) is 0.419. The lowest BCUT2D eigenvalue weighted by Crippen LogP contribution is -2.14. The van der Waals surface area contributed by atoms with E-state index in [4.69, 9.17) is 0 Å². The van der Waals surface area contributed by atoms with E-state index in [1.807, 2.05) is 26.2 Å². The van der Waals surface area contributed by atoms with Crippen LogP contribution in [0.15, 0.2) is 17.2 Å². The summed E-state index contributed by atoms with van der Waals surface area (Å²) in [5.41, 5.74) is 1.80. The molecule has 1 aromatic rings. The molecule has 0 saturated heterocycles. The number of aryl methyl sites for hydroxylation is 2. The Hall–Kier alpha value is -1.05. The molecule has 0 aliphatic carbocycles. The van der Waals surface area contributed by atoms with E-state index in [1.165, 1.54) is 0 Å². The second kappa shape index (κ2) is 3.13. The van der Waals surface area contributed by atoms with Crippen LogP contribution < -0.4 is 5.43 Å². The van der Waals surface area contributed by atoms with Gasteiger partial charge < -0.3 is 4.57 Å². The van der Waals surface area contributed by atoms with Gasteiger partial charge in [-0.15, -0.1) is 0 Å². The summed E-state index contributed by atoms with van der Waals surface area (Å²) in [4.78, 5) is 11.3. The fourth-order valence-electron chi connectivity index (χ4n) is 1.21. The van der Waals surface area contributed by atoms with Crippen LogP contribution in [-0.4, -0.2) is 4.57 Å². The normalized spacial score (nSPS) is 10.8. The van der Waals surface area contributed by atoms with Gasteiger partial charge in [0.1, 0.15) is 0 Å². The Morgan fingerprint density at radius 2 is 1.58 bits per heavy atom. The third kappa shape index (κ3) is 1.58. The summed E-state index contributed by atoms with van der Waals surface area (Å²) in [6.07, 6.45) is 3.81. The van der Waals surface area contributed by atoms with Crippen molar-refractivity contribution in [2.45, 2.75) is 33.7 Å². The summed E-state index contributed by atoms with van der Waals surface area (Å²) < 4.78 is 2.06. The molecule has 66 valence electrons. The zero-order chi connectivity index (χ0) is 9.30. The molecule has 0 aliphatic rings. The number of rotatable bonds is 1. The molecule has 1 aromatic heterocycles. The Balaban J connectivity index is 3.31. The Morgan fingerprint density at radius 3 is 1.92 bits per heavy atom. The number of pyridine rings is 1. The Morgan fingerprint density at radius 1 is 1.17 bits per heavy atom. The van der Waals surface area contributed by atoms with Crippen LogP contribution in [0.3, 0.4) is 0 Å². The van der Waals surface area contributed by atoms with Gasteiger partial charge in [0, 0.05) is 29.6 Å². The number of hydrogen-bond acceptors (Lipinski definition) is 1.